The molecule has 1 spiro atoms. The van der Waals surface area contributed by atoms with Crippen molar-refractivity contribution >= 4 is 46.4 Å². The second-order valence-electron chi connectivity index (χ2n) is 15.7. The predicted molar refractivity (Wildman–Crippen MR) is 220 cm³/mol. The van der Waals surface area contributed by atoms with E-state index in [-0.39, 0.29) is 55.7 Å². The van der Waals surface area contributed by atoms with Gasteiger partial charge in [-0.2, -0.15) is 0 Å². The average Bonchev–Trinajstić information content (AvgIpc) is 4.05. The van der Waals surface area contributed by atoms with Gasteiger partial charge in [0.2, 0.25) is 23.6 Å². The van der Waals surface area contributed by atoms with E-state index in [1.165, 1.54) is 23.0 Å². The van der Waals surface area contributed by atoms with E-state index >= 15 is 0 Å². The highest BCUT2D eigenvalue weighted by Crippen LogP contribution is 2.42. The maximum absolute atomic E-state index is 14.5. The van der Waals surface area contributed by atoms with E-state index in [2.05, 4.69) is 20.9 Å². The number of rotatable bonds is 10. The van der Waals surface area contributed by atoms with Crippen LogP contribution in [0.4, 0.5) is 0 Å². The van der Waals surface area contributed by atoms with Gasteiger partial charge in [0.15, 0.2) is 5.75 Å². The molecule has 0 bridgehead atoms. The first kappa shape index (κ1) is 42.3. The van der Waals surface area contributed by atoms with Crippen molar-refractivity contribution < 1.29 is 38.2 Å². The summed E-state index contributed by atoms with van der Waals surface area (Å²) >= 11 is 0. The lowest BCUT2D eigenvalue weighted by molar-refractivity contribution is -0.149. The van der Waals surface area contributed by atoms with Crippen molar-refractivity contribution in [3.05, 3.63) is 108 Å². The highest BCUT2D eigenvalue weighted by Gasteiger charge is 2.56. The number of hydrogen-bond acceptors (Lipinski definition) is 9. The Balaban J connectivity index is 1.33. The summed E-state index contributed by atoms with van der Waals surface area (Å²) in [5, 5.41) is 9.02. The molecular formula is C45H52N6O8. The van der Waals surface area contributed by atoms with Crippen LogP contribution in [0.5, 0.6) is 5.75 Å². The van der Waals surface area contributed by atoms with Gasteiger partial charge in [0.05, 0.1) is 36.2 Å². The number of amides is 5. The largest absolute Gasteiger partial charge is 0.489 e. The van der Waals surface area contributed by atoms with Crippen LogP contribution in [0.15, 0.2) is 91.1 Å². The summed E-state index contributed by atoms with van der Waals surface area (Å²) in [6.45, 7) is 3.75. The summed E-state index contributed by atoms with van der Waals surface area (Å²) in [4.78, 5) is 91.0. The van der Waals surface area contributed by atoms with E-state index in [9.17, 15) is 28.8 Å². The number of ether oxygens (including phenoxy) is 2. The van der Waals surface area contributed by atoms with E-state index in [0.29, 0.717) is 30.2 Å². The Bertz CT molecular complexity index is 2160. The zero-order valence-electron chi connectivity index (χ0n) is 33.9. The molecule has 3 atom stereocenters. The van der Waals surface area contributed by atoms with Gasteiger partial charge in [0.1, 0.15) is 30.8 Å². The van der Waals surface area contributed by atoms with Gasteiger partial charge in [0, 0.05) is 26.0 Å². The fourth-order valence-corrected chi connectivity index (χ4v) is 7.32. The van der Waals surface area contributed by atoms with Gasteiger partial charge in [-0.25, -0.2) is 0 Å². The molecule has 5 amide bonds. The average molecular weight is 805 g/mol. The van der Waals surface area contributed by atoms with Crippen LogP contribution in [0.3, 0.4) is 0 Å². The van der Waals surface area contributed by atoms with Gasteiger partial charge >= 0.3 is 5.97 Å². The van der Waals surface area contributed by atoms with Crippen LogP contribution in [0.25, 0.3) is 10.9 Å². The monoisotopic (exact) mass is 804 g/mol. The summed E-state index contributed by atoms with van der Waals surface area (Å²) in [5.41, 5.74) is 1.19. The summed E-state index contributed by atoms with van der Waals surface area (Å²) in [6, 6.07) is 22.7. The fraction of sp³-hybridized carbons (Fsp3) is 0.400. The summed E-state index contributed by atoms with van der Waals surface area (Å²) in [7, 11) is 3.08. The highest BCUT2D eigenvalue weighted by atomic mass is 16.5. The van der Waals surface area contributed by atoms with Crippen LogP contribution in [0, 0.1) is 5.92 Å². The predicted octanol–water partition coefficient (Wildman–Crippen LogP) is 3.96. The third kappa shape index (κ3) is 10.4. The number of carbonyl (C=O) groups excluding carboxylic acids is 6. The maximum atomic E-state index is 14.5. The van der Waals surface area contributed by atoms with Crippen molar-refractivity contribution in [1.29, 1.82) is 0 Å². The molecule has 3 aromatic carbocycles. The Morgan fingerprint density at radius 2 is 1.58 bits per heavy atom. The Labute approximate surface area is 344 Å². The number of nitrogens with one attached hydrogen (secondary N) is 3. The summed E-state index contributed by atoms with van der Waals surface area (Å²) in [5.74, 6) is -3.22. The lowest BCUT2D eigenvalue weighted by Crippen LogP contribution is -2.58. The highest BCUT2D eigenvalue weighted by molar-refractivity contribution is 6.10. The van der Waals surface area contributed by atoms with Crippen LogP contribution < -0.4 is 20.7 Å². The second-order valence-corrected chi connectivity index (χ2v) is 15.7. The van der Waals surface area contributed by atoms with Crippen LogP contribution in [0.1, 0.15) is 67.4 Å². The fourth-order valence-electron chi connectivity index (χ4n) is 7.32. The molecule has 6 rings (SSSR count). The third-order valence-corrected chi connectivity index (χ3v) is 10.9. The molecule has 310 valence electrons. The molecule has 2 aliphatic rings. The molecule has 0 unspecified atom stereocenters. The molecule has 0 radical (unpaired) electrons. The lowest BCUT2D eigenvalue weighted by atomic mass is 9.99. The minimum atomic E-state index is -1.43. The lowest BCUT2D eigenvalue weighted by Gasteiger charge is -2.36. The van der Waals surface area contributed by atoms with Crippen LogP contribution >= 0.6 is 0 Å². The zero-order chi connectivity index (χ0) is 42.1. The molecule has 1 saturated carbocycles. The number of fused-ring (bicyclic) bond motifs is 3. The van der Waals surface area contributed by atoms with Crippen molar-refractivity contribution in [3.8, 4) is 5.75 Å². The van der Waals surface area contributed by atoms with Crippen molar-refractivity contribution in [2.24, 2.45) is 5.92 Å². The smallest absolute Gasteiger partial charge is 0.307 e. The molecule has 59 heavy (non-hydrogen) atoms. The standard InChI is InChI=1S/C45H52N6O8/c1-29(2)23-36-43(56)51(4)45(20-21-45)44(57)48-32(24-30-13-7-5-8-14-30)28-58-37-26-47-34-18-12-11-17-33(34)40(37)42(55)49-35(25-38(52)50(36)3)41(54)46-22-19-39(53)59-27-31-15-9-6-10-16-31/h5-18,26,29,32,35-36H,19-25,27-28H2,1-4H3,(H,46,54)(H,48,57)(H,49,55)/t32-,35+,36+/m1/s1. The molecule has 1 aliphatic carbocycles. The Hall–Kier alpha value is -6.31. The molecule has 2 heterocycles. The molecule has 14 heteroatoms. The Morgan fingerprint density at radius 1 is 0.915 bits per heavy atom. The summed E-state index contributed by atoms with van der Waals surface area (Å²) < 4.78 is 11.7. The number of pyridine rings is 1. The third-order valence-electron chi connectivity index (χ3n) is 10.9. The number of likely N-dealkylation sites (N-methyl/N-ethyl adjacent to an activating group) is 2. The molecular weight excluding hydrogens is 753 g/mol. The SMILES string of the molecule is CC(C)C[C@H]1C(=O)N(C)C2(CC2)C(=O)N[C@H](Cc2ccccc2)COc2cnc3ccccc3c2C(=O)N[C@H](C(=O)NCCC(=O)OCc2ccccc2)CC(=O)N1C. The molecule has 1 fully saturated rings. The topological polar surface area (TPSA) is 176 Å². The Kier molecular flexibility index (Phi) is 13.6. The number of hydrogen-bond donors (Lipinski definition) is 3. The first-order valence-corrected chi connectivity index (χ1v) is 20.0. The van der Waals surface area contributed by atoms with Crippen LogP contribution in [-0.4, -0.2) is 101 Å². The number of nitrogens with zero attached hydrogens (tertiary/aromatic N) is 3. The second kappa shape index (κ2) is 19.0. The minimum Gasteiger partial charge on any atom is -0.489 e. The van der Waals surface area contributed by atoms with Gasteiger partial charge in [-0.1, -0.05) is 92.7 Å². The van der Waals surface area contributed by atoms with Crippen molar-refractivity contribution in [1.82, 2.24) is 30.7 Å². The number of carbonyl (C=O) groups is 6. The minimum absolute atomic E-state index is 0.0167. The first-order valence-electron chi connectivity index (χ1n) is 20.0. The normalized spacial score (nSPS) is 20.0. The van der Waals surface area contributed by atoms with Crippen molar-refractivity contribution in [2.45, 2.75) is 82.6 Å². The van der Waals surface area contributed by atoms with E-state index in [1.807, 2.05) is 74.5 Å². The molecule has 3 N–H and O–H groups in total. The molecule has 0 saturated heterocycles. The van der Waals surface area contributed by atoms with Gasteiger partial charge in [-0.15, -0.1) is 0 Å². The van der Waals surface area contributed by atoms with Crippen LogP contribution in [0.2, 0.25) is 0 Å². The van der Waals surface area contributed by atoms with Gasteiger partial charge in [-0.05, 0) is 48.8 Å². The Morgan fingerprint density at radius 3 is 2.25 bits per heavy atom. The van der Waals surface area contributed by atoms with Gasteiger partial charge < -0.3 is 35.2 Å². The van der Waals surface area contributed by atoms with Gasteiger partial charge in [-0.3, -0.25) is 33.8 Å². The summed E-state index contributed by atoms with van der Waals surface area (Å²) in [6.07, 6.45) is 2.30. The van der Waals surface area contributed by atoms with Crippen molar-refractivity contribution in [2.75, 3.05) is 27.2 Å². The maximum Gasteiger partial charge on any atom is 0.307 e. The molecule has 1 aromatic heterocycles. The first-order chi connectivity index (χ1) is 28.4. The molecule has 14 nitrogen and oxygen atoms in total. The van der Waals surface area contributed by atoms with E-state index in [0.717, 1.165) is 11.1 Å². The number of esters is 1. The van der Waals surface area contributed by atoms with Crippen molar-refractivity contribution in [3.63, 3.8) is 0 Å². The molecule has 4 aromatic rings. The van der Waals surface area contributed by atoms with E-state index in [4.69, 9.17) is 9.47 Å². The van der Waals surface area contributed by atoms with Crippen LogP contribution in [-0.2, 0) is 41.7 Å². The number of aromatic nitrogens is 1. The zero-order valence-corrected chi connectivity index (χ0v) is 33.9. The molecule has 1 aliphatic heterocycles. The number of benzene rings is 3. The number of para-hydroxylation sites is 1. The van der Waals surface area contributed by atoms with E-state index in [1.54, 1.807) is 31.3 Å². The quantitative estimate of drug-likeness (QED) is 0.201. The van der Waals surface area contributed by atoms with E-state index < -0.39 is 59.7 Å². The van der Waals surface area contributed by atoms with Gasteiger partial charge in [0.25, 0.3) is 5.91 Å².